The molecule has 2 aliphatic rings. The first kappa shape index (κ1) is 18.5. The molecule has 1 amide bonds. The molecule has 3 rings (SSSR count). The van der Waals surface area contributed by atoms with Gasteiger partial charge in [0.25, 0.3) is 5.91 Å². The van der Waals surface area contributed by atoms with Gasteiger partial charge in [-0.05, 0) is 25.0 Å². The van der Waals surface area contributed by atoms with Gasteiger partial charge in [0.15, 0.2) is 0 Å². The normalized spacial score (nSPS) is 22.4. The summed E-state index contributed by atoms with van der Waals surface area (Å²) in [5.74, 6) is -0.392. The van der Waals surface area contributed by atoms with E-state index in [1.807, 2.05) is 0 Å². The summed E-state index contributed by atoms with van der Waals surface area (Å²) in [5, 5.41) is -0.290. The molecule has 1 aromatic rings. The molecule has 5 nitrogen and oxygen atoms in total. The Morgan fingerprint density at radius 3 is 2.72 bits per heavy atom. The lowest BCUT2D eigenvalue weighted by Crippen LogP contribution is -2.50. The third kappa shape index (κ3) is 5.08. The molecule has 2 aliphatic heterocycles. The van der Waals surface area contributed by atoms with E-state index in [2.05, 4.69) is 9.88 Å². The van der Waals surface area contributed by atoms with Gasteiger partial charge in [-0.2, -0.15) is 13.2 Å². The molecule has 3 heterocycles. The average molecular weight is 375 g/mol. The van der Waals surface area contributed by atoms with Crippen molar-refractivity contribution in [2.45, 2.75) is 29.5 Å². The van der Waals surface area contributed by atoms with Crippen LogP contribution in [0.15, 0.2) is 23.4 Å². The first-order valence-corrected chi connectivity index (χ1v) is 9.08. The predicted octanol–water partition coefficient (Wildman–Crippen LogP) is 2.63. The molecule has 0 bridgehead atoms. The molecule has 1 atom stereocenters. The number of halogens is 3. The summed E-state index contributed by atoms with van der Waals surface area (Å²) in [6.07, 6.45) is 3.68. The maximum absolute atomic E-state index is 12.7. The quantitative estimate of drug-likeness (QED) is 0.757. The first-order valence-electron chi connectivity index (χ1n) is 8.26. The summed E-state index contributed by atoms with van der Waals surface area (Å²) < 4.78 is 43.6. The molecule has 0 aromatic carbocycles. The highest BCUT2D eigenvalue weighted by Gasteiger charge is 2.33. The SMILES string of the molecule is O=C(c1cccnc1SC(F)(F)F)N1CCN(CC2CCCO2)CC1. The highest BCUT2D eigenvalue weighted by molar-refractivity contribution is 8.00. The lowest BCUT2D eigenvalue weighted by atomic mass is 10.2. The van der Waals surface area contributed by atoms with Crippen molar-refractivity contribution in [2.24, 2.45) is 0 Å². The van der Waals surface area contributed by atoms with Crippen molar-refractivity contribution >= 4 is 17.7 Å². The van der Waals surface area contributed by atoms with Gasteiger partial charge < -0.3 is 9.64 Å². The van der Waals surface area contributed by atoms with Crippen molar-refractivity contribution in [1.82, 2.24) is 14.8 Å². The van der Waals surface area contributed by atoms with Gasteiger partial charge in [0.2, 0.25) is 0 Å². The number of hydrogen-bond donors (Lipinski definition) is 0. The number of amides is 1. The molecule has 1 unspecified atom stereocenters. The van der Waals surface area contributed by atoms with Crippen LogP contribution >= 0.6 is 11.8 Å². The van der Waals surface area contributed by atoms with Crippen LogP contribution < -0.4 is 0 Å². The molecule has 0 spiro atoms. The van der Waals surface area contributed by atoms with E-state index in [0.717, 1.165) is 26.0 Å². The number of rotatable bonds is 4. The molecular formula is C16H20F3N3O2S. The number of carbonyl (C=O) groups is 1. The maximum atomic E-state index is 12.7. The fourth-order valence-electron chi connectivity index (χ4n) is 3.12. The van der Waals surface area contributed by atoms with E-state index >= 15 is 0 Å². The summed E-state index contributed by atoms with van der Waals surface area (Å²) >= 11 is -0.344. The van der Waals surface area contributed by atoms with Crippen LogP contribution in [-0.2, 0) is 4.74 Å². The Hall–Kier alpha value is -1.32. The van der Waals surface area contributed by atoms with Crippen LogP contribution in [0.2, 0.25) is 0 Å². The second kappa shape index (κ2) is 7.92. The van der Waals surface area contributed by atoms with Crippen LogP contribution in [0, 0.1) is 0 Å². The van der Waals surface area contributed by atoms with E-state index in [9.17, 15) is 18.0 Å². The number of piperazine rings is 1. The lowest BCUT2D eigenvalue weighted by molar-refractivity contribution is -0.0329. The Balaban J connectivity index is 1.59. The Morgan fingerprint density at radius 1 is 1.32 bits per heavy atom. The number of hydrogen-bond acceptors (Lipinski definition) is 5. The molecular weight excluding hydrogens is 355 g/mol. The predicted molar refractivity (Wildman–Crippen MR) is 87.5 cm³/mol. The monoisotopic (exact) mass is 375 g/mol. The molecule has 2 saturated heterocycles. The molecule has 0 aliphatic carbocycles. The van der Waals surface area contributed by atoms with Crippen molar-refractivity contribution in [1.29, 1.82) is 0 Å². The zero-order chi connectivity index (χ0) is 17.9. The second-order valence-electron chi connectivity index (χ2n) is 6.13. The average Bonchev–Trinajstić information content (AvgIpc) is 3.07. The minimum atomic E-state index is -4.47. The number of pyridine rings is 1. The van der Waals surface area contributed by atoms with Gasteiger partial charge in [-0.15, -0.1) is 0 Å². The molecule has 9 heteroatoms. The maximum Gasteiger partial charge on any atom is 0.447 e. The van der Waals surface area contributed by atoms with Gasteiger partial charge in [0.1, 0.15) is 5.03 Å². The number of alkyl halides is 3. The molecule has 2 fully saturated rings. The number of nitrogens with zero attached hydrogens (tertiary/aromatic N) is 3. The molecule has 138 valence electrons. The smallest absolute Gasteiger partial charge is 0.377 e. The number of ether oxygens (including phenoxy) is 1. The zero-order valence-corrected chi connectivity index (χ0v) is 14.5. The molecule has 0 radical (unpaired) electrons. The van der Waals surface area contributed by atoms with Crippen LogP contribution in [0.1, 0.15) is 23.2 Å². The van der Waals surface area contributed by atoms with Gasteiger partial charge >= 0.3 is 5.51 Å². The van der Waals surface area contributed by atoms with Gasteiger partial charge in [-0.3, -0.25) is 9.69 Å². The zero-order valence-electron chi connectivity index (χ0n) is 13.7. The van der Waals surface area contributed by atoms with E-state index in [4.69, 9.17) is 4.74 Å². The fraction of sp³-hybridized carbons (Fsp3) is 0.625. The first-order chi connectivity index (χ1) is 11.9. The van der Waals surface area contributed by atoms with Crippen LogP contribution in [0.4, 0.5) is 13.2 Å². The minimum absolute atomic E-state index is 0.0115. The van der Waals surface area contributed by atoms with E-state index < -0.39 is 11.4 Å². The van der Waals surface area contributed by atoms with Gasteiger partial charge in [-0.25, -0.2) is 4.98 Å². The summed E-state index contributed by atoms with van der Waals surface area (Å²) in [5.41, 5.74) is -4.46. The van der Waals surface area contributed by atoms with E-state index in [1.54, 1.807) is 4.90 Å². The van der Waals surface area contributed by atoms with Crippen molar-refractivity contribution in [3.05, 3.63) is 23.9 Å². The summed E-state index contributed by atoms with van der Waals surface area (Å²) in [6, 6.07) is 2.89. The number of thioether (sulfide) groups is 1. The minimum Gasteiger partial charge on any atom is -0.377 e. The molecule has 0 saturated carbocycles. The fourth-order valence-corrected chi connectivity index (χ4v) is 3.72. The Bertz CT molecular complexity index is 601. The molecule has 25 heavy (non-hydrogen) atoms. The van der Waals surface area contributed by atoms with Crippen LogP contribution in [0.3, 0.4) is 0 Å². The lowest BCUT2D eigenvalue weighted by Gasteiger charge is -2.35. The van der Waals surface area contributed by atoms with Gasteiger partial charge in [-0.1, -0.05) is 0 Å². The van der Waals surface area contributed by atoms with Crippen molar-refractivity contribution in [3.63, 3.8) is 0 Å². The van der Waals surface area contributed by atoms with E-state index in [0.29, 0.717) is 26.2 Å². The Labute approximate surface area is 148 Å². The standard InChI is InChI=1S/C16H20F3N3O2S/c17-16(18,19)25-14-13(4-1-5-20-14)15(23)22-8-6-21(7-9-22)11-12-3-2-10-24-12/h1,4-5,12H,2-3,6-11H2. The third-order valence-corrected chi connectivity index (χ3v) is 5.11. The largest absolute Gasteiger partial charge is 0.447 e. The Kier molecular flexibility index (Phi) is 5.85. The van der Waals surface area contributed by atoms with Crippen molar-refractivity contribution in [2.75, 3.05) is 39.3 Å². The van der Waals surface area contributed by atoms with Gasteiger partial charge in [0, 0.05) is 57.3 Å². The second-order valence-corrected chi connectivity index (χ2v) is 7.19. The topological polar surface area (TPSA) is 45.7 Å². The highest BCUT2D eigenvalue weighted by atomic mass is 32.2. The Morgan fingerprint density at radius 2 is 2.08 bits per heavy atom. The van der Waals surface area contributed by atoms with Crippen LogP contribution in [0.25, 0.3) is 0 Å². The number of aromatic nitrogens is 1. The van der Waals surface area contributed by atoms with Gasteiger partial charge in [0.05, 0.1) is 11.7 Å². The molecule has 0 N–H and O–H groups in total. The van der Waals surface area contributed by atoms with Crippen molar-refractivity contribution in [3.8, 4) is 0 Å². The van der Waals surface area contributed by atoms with Crippen LogP contribution in [-0.4, -0.2) is 71.6 Å². The van der Waals surface area contributed by atoms with Crippen LogP contribution in [0.5, 0.6) is 0 Å². The van der Waals surface area contributed by atoms with E-state index in [-0.39, 0.29) is 28.5 Å². The third-order valence-electron chi connectivity index (χ3n) is 4.36. The van der Waals surface area contributed by atoms with Crippen molar-refractivity contribution < 1.29 is 22.7 Å². The highest BCUT2D eigenvalue weighted by Crippen LogP contribution is 2.37. The summed E-state index contributed by atoms with van der Waals surface area (Å²) in [4.78, 5) is 20.2. The van der Waals surface area contributed by atoms with E-state index in [1.165, 1.54) is 18.3 Å². The summed E-state index contributed by atoms with van der Waals surface area (Å²) in [6.45, 7) is 4.06. The number of carbonyl (C=O) groups excluding carboxylic acids is 1. The summed E-state index contributed by atoms with van der Waals surface area (Å²) in [7, 11) is 0. The molecule has 1 aromatic heterocycles.